The molecule has 0 amide bonds. The van der Waals surface area contributed by atoms with Gasteiger partial charge in [-0.05, 0) is 68.5 Å². The van der Waals surface area contributed by atoms with Crippen LogP contribution in [0, 0.1) is 18.7 Å². The number of benzene rings is 1. The normalized spacial score (nSPS) is 24.0. The van der Waals surface area contributed by atoms with E-state index in [9.17, 15) is 4.39 Å². The first kappa shape index (κ1) is 13.1. The Labute approximate surface area is 115 Å². The Hall–Kier alpha value is -0.930. The molecule has 1 unspecified atom stereocenters. The van der Waals surface area contributed by atoms with Crippen LogP contribution in [0.4, 0.5) is 4.39 Å². The van der Waals surface area contributed by atoms with Crippen LogP contribution in [0.15, 0.2) is 18.2 Å². The summed E-state index contributed by atoms with van der Waals surface area (Å²) in [5, 5.41) is 3.50. The summed E-state index contributed by atoms with van der Waals surface area (Å²) in [5.74, 6) is 0.637. The highest BCUT2D eigenvalue weighted by molar-refractivity contribution is 5.26. The number of hydrogen-bond donors (Lipinski definition) is 1. The molecule has 3 rings (SSSR count). The van der Waals surface area contributed by atoms with E-state index in [4.69, 9.17) is 0 Å². The summed E-state index contributed by atoms with van der Waals surface area (Å²) < 4.78 is 13.2. The lowest BCUT2D eigenvalue weighted by Crippen LogP contribution is -2.27. The minimum Gasteiger partial charge on any atom is -0.312 e. The second-order valence-corrected chi connectivity index (χ2v) is 6.08. The van der Waals surface area contributed by atoms with Crippen molar-refractivity contribution >= 4 is 0 Å². The van der Waals surface area contributed by atoms with Crippen molar-refractivity contribution in [2.45, 2.75) is 38.8 Å². The van der Waals surface area contributed by atoms with Gasteiger partial charge in [0.1, 0.15) is 5.82 Å². The second kappa shape index (κ2) is 5.59. The standard InChI is InChI=1S/C16H23FN2/c1-12-2-3-15(17)8-14(12)10-18-9-13-6-7-19(11-13)16-4-5-16/h2-3,8,13,16,18H,4-7,9-11H2,1H3. The maximum Gasteiger partial charge on any atom is 0.123 e. The summed E-state index contributed by atoms with van der Waals surface area (Å²) in [7, 11) is 0. The molecular formula is C16H23FN2. The Bertz CT molecular complexity index is 442. The van der Waals surface area contributed by atoms with Crippen LogP contribution >= 0.6 is 0 Å². The minimum atomic E-state index is -0.136. The molecule has 0 radical (unpaired) electrons. The largest absolute Gasteiger partial charge is 0.312 e. The van der Waals surface area contributed by atoms with Gasteiger partial charge in [0.25, 0.3) is 0 Å². The molecule has 2 aliphatic rings. The first-order valence-electron chi connectivity index (χ1n) is 7.42. The summed E-state index contributed by atoms with van der Waals surface area (Å²) in [6.45, 7) is 6.40. The van der Waals surface area contributed by atoms with Crippen LogP contribution in [0.2, 0.25) is 0 Å². The summed E-state index contributed by atoms with van der Waals surface area (Å²) in [6.07, 6.45) is 4.12. The highest BCUT2D eigenvalue weighted by Crippen LogP contribution is 2.31. The molecule has 2 nitrogen and oxygen atoms in total. The lowest BCUT2D eigenvalue weighted by molar-refractivity contribution is 0.312. The molecule has 1 saturated heterocycles. The van der Waals surface area contributed by atoms with Crippen LogP contribution in [0.3, 0.4) is 0 Å². The zero-order valence-electron chi connectivity index (χ0n) is 11.7. The molecule has 1 N–H and O–H groups in total. The van der Waals surface area contributed by atoms with E-state index in [1.165, 1.54) is 44.0 Å². The van der Waals surface area contributed by atoms with Crippen molar-refractivity contribution in [2.24, 2.45) is 5.92 Å². The van der Waals surface area contributed by atoms with E-state index in [-0.39, 0.29) is 5.82 Å². The average Bonchev–Trinajstić information content (AvgIpc) is 3.14. The molecule has 1 aromatic rings. The van der Waals surface area contributed by atoms with Gasteiger partial charge in [0.15, 0.2) is 0 Å². The first-order chi connectivity index (χ1) is 9.22. The Balaban J connectivity index is 1.44. The van der Waals surface area contributed by atoms with E-state index >= 15 is 0 Å². The SMILES string of the molecule is Cc1ccc(F)cc1CNCC1CCN(C2CC2)C1. The van der Waals surface area contributed by atoms with Gasteiger partial charge in [-0.15, -0.1) is 0 Å². The third kappa shape index (κ3) is 3.34. The summed E-state index contributed by atoms with van der Waals surface area (Å²) in [5.41, 5.74) is 2.25. The highest BCUT2D eigenvalue weighted by Gasteiger charge is 2.33. The minimum absolute atomic E-state index is 0.136. The Kier molecular flexibility index (Phi) is 3.85. The van der Waals surface area contributed by atoms with E-state index in [1.807, 2.05) is 13.0 Å². The molecule has 2 fully saturated rings. The third-order valence-corrected chi connectivity index (χ3v) is 4.44. The van der Waals surface area contributed by atoms with E-state index in [0.717, 1.165) is 30.6 Å². The Morgan fingerprint density at radius 1 is 1.32 bits per heavy atom. The molecule has 1 aliphatic heterocycles. The summed E-state index contributed by atoms with van der Waals surface area (Å²) >= 11 is 0. The molecule has 1 aliphatic carbocycles. The van der Waals surface area contributed by atoms with Gasteiger partial charge in [-0.2, -0.15) is 0 Å². The van der Waals surface area contributed by atoms with Crippen LogP contribution < -0.4 is 5.32 Å². The molecule has 1 heterocycles. The number of nitrogens with zero attached hydrogens (tertiary/aromatic N) is 1. The Morgan fingerprint density at radius 3 is 2.95 bits per heavy atom. The second-order valence-electron chi connectivity index (χ2n) is 6.08. The number of hydrogen-bond acceptors (Lipinski definition) is 2. The molecule has 1 aromatic carbocycles. The van der Waals surface area contributed by atoms with E-state index in [0.29, 0.717) is 0 Å². The smallest absolute Gasteiger partial charge is 0.123 e. The van der Waals surface area contributed by atoms with Crippen LogP contribution in [-0.2, 0) is 6.54 Å². The summed E-state index contributed by atoms with van der Waals surface area (Å²) in [4.78, 5) is 2.64. The fourth-order valence-electron chi connectivity index (χ4n) is 3.04. The van der Waals surface area contributed by atoms with Gasteiger partial charge in [-0.3, -0.25) is 0 Å². The third-order valence-electron chi connectivity index (χ3n) is 4.44. The quantitative estimate of drug-likeness (QED) is 0.877. The number of aryl methyl sites for hydroxylation is 1. The Morgan fingerprint density at radius 2 is 2.16 bits per heavy atom. The van der Waals surface area contributed by atoms with E-state index in [2.05, 4.69) is 10.2 Å². The van der Waals surface area contributed by atoms with Crippen molar-refractivity contribution in [1.82, 2.24) is 10.2 Å². The first-order valence-corrected chi connectivity index (χ1v) is 7.42. The van der Waals surface area contributed by atoms with Gasteiger partial charge in [-0.25, -0.2) is 4.39 Å². The number of likely N-dealkylation sites (tertiary alicyclic amines) is 1. The zero-order chi connectivity index (χ0) is 13.2. The topological polar surface area (TPSA) is 15.3 Å². The molecule has 3 heteroatoms. The number of rotatable bonds is 5. The molecule has 0 spiro atoms. The fraction of sp³-hybridized carbons (Fsp3) is 0.625. The molecule has 1 atom stereocenters. The van der Waals surface area contributed by atoms with Crippen molar-refractivity contribution in [1.29, 1.82) is 0 Å². The van der Waals surface area contributed by atoms with Crippen molar-refractivity contribution in [3.8, 4) is 0 Å². The van der Waals surface area contributed by atoms with Gasteiger partial charge in [-0.1, -0.05) is 6.07 Å². The van der Waals surface area contributed by atoms with Gasteiger partial charge in [0.2, 0.25) is 0 Å². The molecule has 1 saturated carbocycles. The van der Waals surface area contributed by atoms with Crippen LogP contribution in [0.25, 0.3) is 0 Å². The van der Waals surface area contributed by atoms with Crippen molar-refractivity contribution < 1.29 is 4.39 Å². The van der Waals surface area contributed by atoms with Crippen molar-refractivity contribution in [3.05, 3.63) is 35.1 Å². The van der Waals surface area contributed by atoms with E-state index in [1.54, 1.807) is 6.07 Å². The van der Waals surface area contributed by atoms with Crippen LogP contribution in [-0.4, -0.2) is 30.6 Å². The molecule has 19 heavy (non-hydrogen) atoms. The van der Waals surface area contributed by atoms with Crippen LogP contribution in [0.5, 0.6) is 0 Å². The monoisotopic (exact) mass is 262 g/mol. The summed E-state index contributed by atoms with van der Waals surface area (Å²) in [6, 6.07) is 5.93. The average molecular weight is 262 g/mol. The van der Waals surface area contributed by atoms with E-state index < -0.39 is 0 Å². The molecular weight excluding hydrogens is 239 g/mol. The fourth-order valence-corrected chi connectivity index (χ4v) is 3.04. The van der Waals surface area contributed by atoms with Crippen LogP contribution in [0.1, 0.15) is 30.4 Å². The van der Waals surface area contributed by atoms with Gasteiger partial charge < -0.3 is 10.2 Å². The van der Waals surface area contributed by atoms with Crippen molar-refractivity contribution in [3.63, 3.8) is 0 Å². The lowest BCUT2D eigenvalue weighted by atomic mass is 10.1. The molecule has 104 valence electrons. The van der Waals surface area contributed by atoms with Gasteiger partial charge in [0, 0.05) is 19.1 Å². The van der Waals surface area contributed by atoms with Gasteiger partial charge >= 0.3 is 0 Å². The number of nitrogens with one attached hydrogen (secondary N) is 1. The number of halogens is 1. The highest BCUT2D eigenvalue weighted by atomic mass is 19.1. The van der Waals surface area contributed by atoms with Crippen molar-refractivity contribution in [2.75, 3.05) is 19.6 Å². The van der Waals surface area contributed by atoms with Gasteiger partial charge in [0.05, 0.1) is 0 Å². The lowest BCUT2D eigenvalue weighted by Gasteiger charge is -2.15. The predicted octanol–water partition coefficient (Wildman–Crippen LogP) is 2.71. The predicted molar refractivity (Wildman–Crippen MR) is 75.5 cm³/mol. The maximum absolute atomic E-state index is 13.2. The zero-order valence-corrected chi connectivity index (χ0v) is 11.7. The molecule has 0 bridgehead atoms. The molecule has 0 aromatic heterocycles. The maximum atomic E-state index is 13.2.